The van der Waals surface area contributed by atoms with Crippen LogP contribution in [0.4, 0.5) is 21.0 Å². The molecule has 3 N–H and O–H groups in total. The Bertz CT molecular complexity index is 553. The van der Waals surface area contributed by atoms with Crippen molar-refractivity contribution in [2.45, 2.75) is 6.54 Å². The number of carbonyl (C=O) groups is 2. The number of carbonyl (C=O) groups excluding carboxylic acids is 1. The number of carboxylic acid groups (broad SMARTS) is 1. The Labute approximate surface area is 116 Å². The third-order valence-corrected chi connectivity index (χ3v) is 3.70. The number of amides is 3. The number of fused-ring (bicyclic) bond motifs is 1. The molecule has 0 aliphatic carbocycles. The minimum atomic E-state index is -0.867. The number of rotatable bonds is 1. The minimum absolute atomic E-state index is 0.189. The molecule has 0 atom stereocenters. The Balaban J connectivity index is 1.74. The zero-order valence-corrected chi connectivity index (χ0v) is 10.9. The summed E-state index contributed by atoms with van der Waals surface area (Å²) in [5, 5.41) is 14.4. The second-order valence-corrected chi connectivity index (χ2v) is 4.91. The van der Waals surface area contributed by atoms with E-state index in [2.05, 4.69) is 15.5 Å². The number of hydrogen-bond donors (Lipinski definition) is 3. The van der Waals surface area contributed by atoms with Crippen molar-refractivity contribution >= 4 is 23.5 Å². The first-order chi connectivity index (χ1) is 9.63. The molecule has 0 aromatic heterocycles. The molecule has 3 rings (SSSR count). The molecule has 2 aliphatic rings. The van der Waals surface area contributed by atoms with Gasteiger partial charge in [-0.05, 0) is 17.7 Å². The van der Waals surface area contributed by atoms with Crippen molar-refractivity contribution < 1.29 is 14.7 Å². The van der Waals surface area contributed by atoms with E-state index in [9.17, 15) is 9.59 Å². The third-order valence-electron chi connectivity index (χ3n) is 3.70. The van der Waals surface area contributed by atoms with Gasteiger partial charge < -0.3 is 25.5 Å². The highest BCUT2D eigenvalue weighted by Gasteiger charge is 2.22. The second-order valence-electron chi connectivity index (χ2n) is 4.91. The summed E-state index contributed by atoms with van der Waals surface area (Å²) < 4.78 is 0. The van der Waals surface area contributed by atoms with Gasteiger partial charge in [-0.1, -0.05) is 6.07 Å². The summed E-state index contributed by atoms with van der Waals surface area (Å²) >= 11 is 0. The van der Waals surface area contributed by atoms with Crippen molar-refractivity contribution in [1.29, 1.82) is 0 Å². The maximum atomic E-state index is 11.3. The number of piperazine rings is 1. The third kappa shape index (κ3) is 2.34. The molecule has 20 heavy (non-hydrogen) atoms. The van der Waals surface area contributed by atoms with E-state index in [-0.39, 0.29) is 6.03 Å². The fourth-order valence-electron chi connectivity index (χ4n) is 2.53. The van der Waals surface area contributed by atoms with Gasteiger partial charge in [-0.3, -0.25) is 0 Å². The van der Waals surface area contributed by atoms with Crippen LogP contribution in [0.3, 0.4) is 0 Å². The zero-order chi connectivity index (χ0) is 14.1. The lowest BCUT2D eigenvalue weighted by Crippen LogP contribution is -2.48. The normalized spacial score (nSPS) is 18.1. The van der Waals surface area contributed by atoms with Gasteiger partial charge in [-0.15, -0.1) is 0 Å². The molecule has 1 saturated heterocycles. The number of benzene rings is 1. The highest BCUT2D eigenvalue weighted by atomic mass is 16.4. The Morgan fingerprint density at radius 3 is 2.65 bits per heavy atom. The van der Waals surface area contributed by atoms with Gasteiger partial charge >= 0.3 is 12.1 Å². The van der Waals surface area contributed by atoms with E-state index < -0.39 is 6.09 Å². The molecule has 1 aromatic carbocycles. The smallest absolute Gasteiger partial charge is 0.407 e. The monoisotopic (exact) mass is 276 g/mol. The first kappa shape index (κ1) is 12.6. The van der Waals surface area contributed by atoms with Crippen LogP contribution in [0, 0.1) is 0 Å². The fraction of sp³-hybridized carbons (Fsp3) is 0.385. The molecule has 0 unspecified atom stereocenters. The zero-order valence-electron chi connectivity index (χ0n) is 10.9. The highest BCUT2D eigenvalue weighted by molar-refractivity contribution is 5.92. The number of urea groups is 1. The van der Waals surface area contributed by atoms with Gasteiger partial charge in [-0.2, -0.15) is 0 Å². The van der Waals surface area contributed by atoms with Crippen LogP contribution in [0.2, 0.25) is 0 Å². The van der Waals surface area contributed by atoms with Crippen molar-refractivity contribution in [2.75, 3.05) is 36.4 Å². The maximum absolute atomic E-state index is 11.3. The predicted octanol–water partition coefficient (Wildman–Crippen LogP) is 1.12. The lowest BCUT2D eigenvalue weighted by molar-refractivity contribution is 0.142. The molecule has 3 amide bonds. The molecule has 0 saturated carbocycles. The van der Waals surface area contributed by atoms with Crippen LogP contribution in [0.1, 0.15) is 5.56 Å². The standard InChI is InChI=1S/C13H16N4O3/c18-12-14-8-9-1-2-10(7-11(9)15-12)16-3-5-17(6-4-16)13(19)20/h1-2,7H,3-6,8H2,(H,19,20)(H2,14,15,18). The minimum Gasteiger partial charge on any atom is -0.465 e. The van der Waals surface area contributed by atoms with Gasteiger partial charge in [0.25, 0.3) is 0 Å². The summed E-state index contributed by atoms with van der Waals surface area (Å²) in [6.07, 6.45) is -0.867. The van der Waals surface area contributed by atoms with Crippen LogP contribution in [0.15, 0.2) is 18.2 Å². The molecule has 1 aromatic rings. The summed E-state index contributed by atoms with van der Waals surface area (Å²) in [7, 11) is 0. The second kappa shape index (κ2) is 4.92. The topological polar surface area (TPSA) is 84.9 Å². The van der Waals surface area contributed by atoms with E-state index in [1.165, 1.54) is 4.90 Å². The number of nitrogens with one attached hydrogen (secondary N) is 2. The maximum Gasteiger partial charge on any atom is 0.407 e. The molecule has 7 nitrogen and oxygen atoms in total. The van der Waals surface area contributed by atoms with Gasteiger partial charge in [0.05, 0.1) is 0 Å². The van der Waals surface area contributed by atoms with E-state index in [1.807, 2.05) is 18.2 Å². The summed E-state index contributed by atoms with van der Waals surface area (Å²) in [6, 6.07) is 5.75. The number of anilines is 2. The van der Waals surface area contributed by atoms with Gasteiger partial charge in [0.2, 0.25) is 0 Å². The van der Waals surface area contributed by atoms with Crippen molar-refractivity contribution in [2.24, 2.45) is 0 Å². The van der Waals surface area contributed by atoms with Crippen LogP contribution >= 0.6 is 0 Å². The Morgan fingerprint density at radius 2 is 1.95 bits per heavy atom. The summed E-state index contributed by atoms with van der Waals surface area (Å²) in [4.78, 5) is 25.8. The molecule has 1 fully saturated rings. The average molecular weight is 276 g/mol. The van der Waals surface area contributed by atoms with Crippen molar-refractivity contribution in [1.82, 2.24) is 10.2 Å². The van der Waals surface area contributed by atoms with Gasteiger partial charge in [0.1, 0.15) is 0 Å². The quantitative estimate of drug-likeness (QED) is 0.717. The Hall–Kier alpha value is -2.44. The van der Waals surface area contributed by atoms with Gasteiger partial charge in [0, 0.05) is 44.1 Å². The SMILES string of the molecule is O=C1NCc2ccc(N3CCN(C(=O)O)CC3)cc2N1. The first-order valence-corrected chi connectivity index (χ1v) is 6.54. The Kier molecular flexibility index (Phi) is 3.09. The van der Waals surface area contributed by atoms with Crippen molar-refractivity contribution in [3.8, 4) is 0 Å². The highest BCUT2D eigenvalue weighted by Crippen LogP contribution is 2.26. The molecular weight excluding hydrogens is 260 g/mol. The summed E-state index contributed by atoms with van der Waals surface area (Å²) in [5.41, 5.74) is 2.89. The van der Waals surface area contributed by atoms with E-state index in [1.54, 1.807) is 0 Å². The number of hydrogen-bond acceptors (Lipinski definition) is 3. The predicted molar refractivity (Wildman–Crippen MR) is 74.1 cm³/mol. The van der Waals surface area contributed by atoms with Crippen molar-refractivity contribution in [3.63, 3.8) is 0 Å². The first-order valence-electron chi connectivity index (χ1n) is 6.54. The average Bonchev–Trinajstić information content (AvgIpc) is 2.46. The Morgan fingerprint density at radius 1 is 1.20 bits per heavy atom. The van der Waals surface area contributed by atoms with E-state index >= 15 is 0 Å². The molecule has 0 spiro atoms. The summed E-state index contributed by atoms with van der Waals surface area (Å²) in [5.74, 6) is 0. The van der Waals surface area contributed by atoms with E-state index in [0.717, 1.165) is 16.9 Å². The van der Waals surface area contributed by atoms with E-state index in [4.69, 9.17) is 5.11 Å². The van der Waals surface area contributed by atoms with Crippen LogP contribution in [-0.2, 0) is 6.54 Å². The van der Waals surface area contributed by atoms with Crippen LogP contribution in [-0.4, -0.2) is 48.3 Å². The van der Waals surface area contributed by atoms with E-state index in [0.29, 0.717) is 32.7 Å². The van der Waals surface area contributed by atoms with Crippen molar-refractivity contribution in [3.05, 3.63) is 23.8 Å². The molecule has 106 valence electrons. The van der Waals surface area contributed by atoms with Crippen LogP contribution in [0.5, 0.6) is 0 Å². The lowest BCUT2D eigenvalue weighted by Gasteiger charge is -2.35. The molecule has 7 heteroatoms. The van der Waals surface area contributed by atoms with Crippen LogP contribution < -0.4 is 15.5 Å². The fourth-order valence-corrected chi connectivity index (χ4v) is 2.53. The number of nitrogens with zero attached hydrogens (tertiary/aromatic N) is 2. The molecular formula is C13H16N4O3. The molecule has 0 radical (unpaired) electrons. The van der Waals surface area contributed by atoms with Crippen LogP contribution in [0.25, 0.3) is 0 Å². The molecule has 2 aliphatic heterocycles. The van der Waals surface area contributed by atoms with Gasteiger partial charge in [0.15, 0.2) is 0 Å². The molecule has 2 heterocycles. The summed E-state index contributed by atoms with van der Waals surface area (Å²) in [6.45, 7) is 2.86. The largest absolute Gasteiger partial charge is 0.465 e. The van der Waals surface area contributed by atoms with Gasteiger partial charge in [-0.25, -0.2) is 9.59 Å². The lowest BCUT2D eigenvalue weighted by atomic mass is 10.1. The molecule has 0 bridgehead atoms.